The van der Waals surface area contributed by atoms with E-state index < -0.39 is 10.7 Å². The molecule has 2 aromatic rings. The maximum Gasteiger partial charge on any atom is 0.272 e. The fourth-order valence-corrected chi connectivity index (χ4v) is 1.72. The van der Waals surface area contributed by atoms with E-state index in [0.717, 1.165) is 17.2 Å². The molecule has 0 unspecified atom stereocenters. The van der Waals surface area contributed by atoms with Crippen LogP contribution >= 0.6 is 0 Å². The van der Waals surface area contributed by atoms with Gasteiger partial charge in [-0.15, -0.1) is 0 Å². The molecule has 0 aliphatic carbocycles. The molecule has 98 valence electrons. The van der Waals surface area contributed by atoms with Gasteiger partial charge in [0.2, 0.25) is 0 Å². The molecule has 4 nitrogen and oxygen atoms in total. The van der Waals surface area contributed by atoms with Gasteiger partial charge < -0.3 is 4.74 Å². The molecule has 0 saturated carbocycles. The third-order valence-corrected chi connectivity index (χ3v) is 2.68. The van der Waals surface area contributed by atoms with Gasteiger partial charge in [-0.1, -0.05) is 17.7 Å². The fraction of sp³-hybridized carbons (Fsp3) is 0.143. The Morgan fingerprint density at radius 3 is 2.37 bits per heavy atom. The van der Waals surface area contributed by atoms with Gasteiger partial charge in [0.05, 0.1) is 11.0 Å². The lowest BCUT2D eigenvalue weighted by atomic mass is 10.1. The van der Waals surface area contributed by atoms with Crippen LogP contribution in [0.25, 0.3) is 0 Å². The van der Waals surface area contributed by atoms with Crippen molar-refractivity contribution in [3.63, 3.8) is 0 Å². The molecule has 2 aromatic carbocycles. The maximum atomic E-state index is 13.7. The number of nitro benzene ring substituents is 1. The molecule has 5 heteroatoms. The Bertz CT molecular complexity index is 641. The average Bonchev–Trinajstić information content (AvgIpc) is 2.34. The number of halogens is 1. The Balaban J connectivity index is 2.31. The third kappa shape index (κ3) is 2.88. The Hall–Kier alpha value is -2.43. The van der Waals surface area contributed by atoms with E-state index in [1.165, 1.54) is 12.1 Å². The zero-order valence-corrected chi connectivity index (χ0v) is 10.5. The highest BCUT2D eigenvalue weighted by Gasteiger charge is 2.12. The molecule has 0 aromatic heterocycles. The van der Waals surface area contributed by atoms with Crippen LogP contribution in [0.15, 0.2) is 36.4 Å². The van der Waals surface area contributed by atoms with Crippen LogP contribution in [0.5, 0.6) is 11.5 Å². The highest BCUT2D eigenvalue weighted by atomic mass is 19.1. The van der Waals surface area contributed by atoms with Crippen LogP contribution in [0.1, 0.15) is 11.1 Å². The fourth-order valence-electron chi connectivity index (χ4n) is 1.72. The van der Waals surface area contributed by atoms with E-state index in [1.54, 1.807) is 6.07 Å². The second-order valence-corrected chi connectivity index (χ2v) is 4.24. The normalized spacial score (nSPS) is 10.3. The van der Waals surface area contributed by atoms with Crippen molar-refractivity contribution < 1.29 is 14.1 Å². The topological polar surface area (TPSA) is 52.4 Å². The molecule has 0 radical (unpaired) electrons. The van der Waals surface area contributed by atoms with E-state index >= 15 is 0 Å². The van der Waals surface area contributed by atoms with Gasteiger partial charge in [-0.25, -0.2) is 4.39 Å². The van der Waals surface area contributed by atoms with Gasteiger partial charge in [0.25, 0.3) is 5.69 Å². The lowest BCUT2D eigenvalue weighted by Crippen LogP contribution is -1.93. The number of ether oxygens (including phenoxy) is 1. The third-order valence-electron chi connectivity index (χ3n) is 2.68. The zero-order valence-electron chi connectivity index (χ0n) is 10.5. The van der Waals surface area contributed by atoms with E-state index in [9.17, 15) is 14.5 Å². The summed E-state index contributed by atoms with van der Waals surface area (Å²) in [5.74, 6) is -0.259. The first-order chi connectivity index (χ1) is 8.97. The van der Waals surface area contributed by atoms with Crippen molar-refractivity contribution in [3.05, 3.63) is 63.5 Å². The summed E-state index contributed by atoms with van der Waals surface area (Å²) >= 11 is 0. The van der Waals surface area contributed by atoms with Crippen molar-refractivity contribution >= 4 is 5.69 Å². The van der Waals surface area contributed by atoms with E-state index in [1.807, 2.05) is 26.0 Å². The molecule has 0 N–H and O–H groups in total. The van der Waals surface area contributed by atoms with Crippen LogP contribution in [0, 0.1) is 29.8 Å². The minimum Gasteiger partial charge on any atom is -0.454 e. The highest BCUT2D eigenvalue weighted by molar-refractivity contribution is 5.42. The first kappa shape index (κ1) is 13.0. The molecule has 2 rings (SSSR count). The van der Waals surface area contributed by atoms with Gasteiger partial charge in [-0.05, 0) is 31.5 Å². The molecule has 19 heavy (non-hydrogen) atoms. The van der Waals surface area contributed by atoms with Crippen LogP contribution in [-0.4, -0.2) is 4.92 Å². The first-order valence-corrected chi connectivity index (χ1v) is 5.66. The largest absolute Gasteiger partial charge is 0.454 e. The Morgan fingerprint density at radius 2 is 1.79 bits per heavy atom. The van der Waals surface area contributed by atoms with Gasteiger partial charge in [0.15, 0.2) is 11.6 Å². The summed E-state index contributed by atoms with van der Waals surface area (Å²) in [5, 5.41) is 10.5. The minimum atomic E-state index is -0.755. The summed E-state index contributed by atoms with van der Waals surface area (Å²) in [6.45, 7) is 3.80. The Morgan fingerprint density at radius 1 is 1.11 bits per heavy atom. The summed E-state index contributed by atoms with van der Waals surface area (Å²) in [5.41, 5.74) is 1.65. The van der Waals surface area contributed by atoms with Crippen molar-refractivity contribution in [2.75, 3.05) is 0 Å². The van der Waals surface area contributed by atoms with Gasteiger partial charge in [-0.2, -0.15) is 0 Å². The number of nitrogens with zero attached hydrogens (tertiary/aromatic N) is 1. The van der Waals surface area contributed by atoms with Crippen molar-refractivity contribution in [2.24, 2.45) is 0 Å². The van der Waals surface area contributed by atoms with E-state index in [0.29, 0.717) is 5.75 Å². The Kier molecular flexibility index (Phi) is 3.46. The summed E-state index contributed by atoms with van der Waals surface area (Å²) < 4.78 is 19.1. The minimum absolute atomic E-state index is 0.0300. The van der Waals surface area contributed by atoms with Crippen molar-refractivity contribution in [3.8, 4) is 11.5 Å². The number of aryl methyl sites for hydroxylation is 2. The number of nitro groups is 1. The highest BCUT2D eigenvalue weighted by Crippen LogP contribution is 2.29. The molecule has 0 heterocycles. The van der Waals surface area contributed by atoms with E-state index in [-0.39, 0.29) is 11.4 Å². The summed E-state index contributed by atoms with van der Waals surface area (Å²) in [6.07, 6.45) is 0. The summed E-state index contributed by atoms with van der Waals surface area (Å²) in [6, 6.07) is 8.82. The lowest BCUT2D eigenvalue weighted by molar-refractivity contribution is -0.385. The predicted molar refractivity (Wildman–Crippen MR) is 69.0 cm³/mol. The zero-order chi connectivity index (χ0) is 14.0. The van der Waals surface area contributed by atoms with Crippen LogP contribution < -0.4 is 4.74 Å². The summed E-state index contributed by atoms with van der Waals surface area (Å²) in [7, 11) is 0. The van der Waals surface area contributed by atoms with Crippen LogP contribution in [0.2, 0.25) is 0 Å². The molecule has 0 amide bonds. The molecule has 0 saturated heterocycles. The number of non-ortho nitro benzene ring substituents is 1. The molecule has 0 aliphatic rings. The van der Waals surface area contributed by atoms with Gasteiger partial charge >= 0.3 is 0 Å². The van der Waals surface area contributed by atoms with Gasteiger partial charge in [0, 0.05) is 6.07 Å². The van der Waals surface area contributed by atoms with Crippen molar-refractivity contribution in [2.45, 2.75) is 13.8 Å². The second kappa shape index (κ2) is 5.06. The number of rotatable bonds is 3. The molecule has 0 fully saturated rings. The number of hydrogen-bond acceptors (Lipinski definition) is 3. The lowest BCUT2D eigenvalue weighted by Gasteiger charge is -2.09. The maximum absolute atomic E-state index is 13.7. The monoisotopic (exact) mass is 261 g/mol. The van der Waals surface area contributed by atoms with Crippen LogP contribution in [0.3, 0.4) is 0 Å². The predicted octanol–water partition coefficient (Wildman–Crippen LogP) is 4.14. The van der Waals surface area contributed by atoms with E-state index in [2.05, 4.69) is 0 Å². The van der Waals surface area contributed by atoms with Gasteiger partial charge in [0.1, 0.15) is 5.75 Å². The SMILES string of the molecule is Cc1ccc(Oc2ccc([N+](=O)[O-])cc2F)c(C)c1. The quantitative estimate of drug-likeness (QED) is 0.616. The molecule has 0 spiro atoms. The van der Waals surface area contributed by atoms with Crippen molar-refractivity contribution in [1.82, 2.24) is 0 Å². The Labute approximate surface area is 109 Å². The first-order valence-electron chi connectivity index (χ1n) is 5.66. The molecular formula is C14H12FNO3. The molecule has 0 atom stereocenters. The standard InChI is InChI=1S/C14H12FNO3/c1-9-3-5-13(10(2)7-9)19-14-6-4-11(16(17)18)8-12(14)15/h3-8H,1-2H3. The van der Waals surface area contributed by atoms with Crippen molar-refractivity contribution in [1.29, 1.82) is 0 Å². The second-order valence-electron chi connectivity index (χ2n) is 4.24. The van der Waals surface area contributed by atoms with E-state index in [4.69, 9.17) is 4.74 Å². The molecular weight excluding hydrogens is 249 g/mol. The number of hydrogen-bond donors (Lipinski definition) is 0. The van der Waals surface area contributed by atoms with Crippen LogP contribution in [0.4, 0.5) is 10.1 Å². The smallest absolute Gasteiger partial charge is 0.272 e. The summed E-state index contributed by atoms with van der Waals surface area (Å²) in [4.78, 5) is 9.86. The molecule has 0 bridgehead atoms. The average molecular weight is 261 g/mol. The number of benzene rings is 2. The van der Waals surface area contributed by atoms with Gasteiger partial charge in [-0.3, -0.25) is 10.1 Å². The molecule has 0 aliphatic heterocycles. The van der Waals surface area contributed by atoms with Crippen LogP contribution in [-0.2, 0) is 0 Å².